The molecule has 0 radical (unpaired) electrons. The molecule has 1 unspecified atom stereocenters. The number of nitrogens with zero attached hydrogens (tertiary/aromatic N) is 3. The van der Waals surface area contributed by atoms with Crippen LogP contribution in [-0.4, -0.2) is 67.2 Å². The van der Waals surface area contributed by atoms with Crippen molar-refractivity contribution < 1.29 is 28.6 Å². The summed E-state index contributed by atoms with van der Waals surface area (Å²) in [5.41, 5.74) is 4.52. The number of methoxy groups -OCH3 is 1. The molecule has 2 heterocycles. The first-order chi connectivity index (χ1) is 16.6. The van der Waals surface area contributed by atoms with Gasteiger partial charge in [0.2, 0.25) is 0 Å². The van der Waals surface area contributed by atoms with Gasteiger partial charge < -0.3 is 14.6 Å². The summed E-state index contributed by atoms with van der Waals surface area (Å²) in [6, 6.07) is 10.5. The van der Waals surface area contributed by atoms with Gasteiger partial charge in [0, 0.05) is 25.6 Å². The zero-order valence-electron chi connectivity index (χ0n) is 20.3. The van der Waals surface area contributed by atoms with Gasteiger partial charge in [0.1, 0.15) is 11.6 Å². The van der Waals surface area contributed by atoms with Crippen molar-refractivity contribution in [3.05, 3.63) is 53.8 Å². The fourth-order valence-corrected chi connectivity index (χ4v) is 4.55. The van der Waals surface area contributed by atoms with E-state index in [-0.39, 0.29) is 24.3 Å². The Balaban J connectivity index is 1.64. The lowest BCUT2D eigenvalue weighted by Crippen LogP contribution is -2.52. The average molecular weight is 487 g/mol. The number of carbonyl (C=O) groups excluding carboxylic acids is 2. The van der Waals surface area contributed by atoms with Crippen molar-refractivity contribution in [1.82, 2.24) is 10.4 Å². The van der Waals surface area contributed by atoms with Crippen molar-refractivity contribution in [2.45, 2.75) is 38.3 Å². The van der Waals surface area contributed by atoms with Gasteiger partial charge in [-0.1, -0.05) is 6.07 Å². The molecule has 2 aromatic rings. The highest BCUT2D eigenvalue weighted by molar-refractivity contribution is 6.01. The van der Waals surface area contributed by atoms with Gasteiger partial charge in [0.25, 0.3) is 0 Å². The maximum atomic E-state index is 13.3. The Morgan fingerprint density at radius 3 is 2.49 bits per heavy atom. The lowest BCUT2D eigenvalue weighted by atomic mass is 9.97. The summed E-state index contributed by atoms with van der Waals surface area (Å²) in [6.07, 6.45) is -1.14. The molecule has 0 spiro atoms. The van der Waals surface area contributed by atoms with Crippen LogP contribution in [0.1, 0.15) is 32.3 Å². The van der Waals surface area contributed by atoms with Gasteiger partial charge in [-0.2, -0.15) is 0 Å². The molecular weight excluding hydrogens is 455 g/mol. The first-order valence-corrected chi connectivity index (χ1v) is 11.5. The minimum Gasteiger partial charge on any atom is -0.452 e. The number of ether oxygens (including phenoxy) is 2. The zero-order chi connectivity index (χ0) is 25.3. The smallest absolute Gasteiger partial charge is 0.419 e. The van der Waals surface area contributed by atoms with Crippen molar-refractivity contribution >= 4 is 23.6 Å². The molecule has 2 N–H and O–H groups in total. The van der Waals surface area contributed by atoms with Crippen LogP contribution in [0.5, 0.6) is 5.75 Å². The van der Waals surface area contributed by atoms with Gasteiger partial charge in [-0.15, -0.1) is 0 Å². The highest BCUT2D eigenvalue weighted by Gasteiger charge is 2.37. The molecule has 0 aromatic heterocycles. The Kier molecular flexibility index (Phi) is 6.98. The number of carbonyl (C=O) groups is 2. The van der Waals surface area contributed by atoms with E-state index < -0.39 is 23.6 Å². The van der Waals surface area contributed by atoms with Gasteiger partial charge in [-0.3, -0.25) is 15.2 Å². The molecule has 1 saturated heterocycles. The summed E-state index contributed by atoms with van der Waals surface area (Å²) in [5.74, 6) is -0.0909. The molecule has 1 fully saturated rings. The standard InChI is InChI=1S/C25H31FN4O5/c1-16-13-29(23(31)35-20-8-6-19(26)7-9-20)22-11-17(5-10-21(22)30(16)24(32)34-4)18-12-27-28(14-18)15-25(2,3)33/h5-11,16,18,27,33H,12-15H2,1-4H3/t16-,18?/m0/s1. The van der Waals surface area contributed by atoms with Gasteiger partial charge >= 0.3 is 12.2 Å². The van der Waals surface area contributed by atoms with Gasteiger partial charge in [-0.05, 0) is 62.7 Å². The molecule has 2 aliphatic heterocycles. The second-order valence-corrected chi connectivity index (χ2v) is 9.62. The van der Waals surface area contributed by atoms with Crippen LogP contribution in [0, 0.1) is 5.82 Å². The quantitative estimate of drug-likeness (QED) is 0.683. The summed E-state index contributed by atoms with van der Waals surface area (Å²) in [6.45, 7) is 7.35. The molecule has 0 bridgehead atoms. The van der Waals surface area contributed by atoms with Crippen LogP contribution in [0.2, 0.25) is 0 Å². The van der Waals surface area contributed by atoms with Crippen molar-refractivity contribution in [2.24, 2.45) is 0 Å². The summed E-state index contributed by atoms with van der Waals surface area (Å²) >= 11 is 0. The normalized spacial score (nSPS) is 20.5. The van der Waals surface area contributed by atoms with Crippen LogP contribution in [-0.2, 0) is 4.74 Å². The SMILES string of the molecule is COC(=O)N1c2ccc(C3CNN(CC(C)(C)O)C3)cc2N(C(=O)Oc2ccc(F)cc2)C[C@@H]1C. The molecule has 2 amide bonds. The maximum Gasteiger partial charge on any atom is 0.419 e. The molecular formula is C25H31FN4O5. The summed E-state index contributed by atoms with van der Waals surface area (Å²) in [5, 5.41) is 12.1. The summed E-state index contributed by atoms with van der Waals surface area (Å²) < 4.78 is 23.8. The third-order valence-electron chi connectivity index (χ3n) is 6.10. The van der Waals surface area contributed by atoms with Crippen LogP contribution in [0.4, 0.5) is 25.4 Å². The third-order valence-corrected chi connectivity index (χ3v) is 6.10. The maximum absolute atomic E-state index is 13.3. The minimum atomic E-state index is -0.837. The van der Waals surface area contributed by atoms with E-state index in [1.807, 2.05) is 30.1 Å². The Morgan fingerprint density at radius 1 is 1.11 bits per heavy atom. The number of halogens is 1. The fourth-order valence-electron chi connectivity index (χ4n) is 4.55. The molecule has 188 valence electrons. The van der Waals surface area contributed by atoms with E-state index in [4.69, 9.17) is 9.47 Å². The summed E-state index contributed by atoms with van der Waals surface area (Å²) in [4.78, 5) is 28.7. The van der Waals surface area contributed by atoms with E-state index in [1.54, 1.807) is 13.8 Å². The average Bonchev–Trinajstić information content (AvgIpc) is 3.26. The van der Waals surface area contributed by atoms with Crippen molar-refractivity contribution in [2.75, 3.05) is 43.1 Å². The highest BCUT2D eigenvalue weighted by atomic mass is 19.1. The number of nitrogens with one attached hydrogen (secondary N) is 1. The number of hydrazine groups is 1. The molecule has 2 atom stereocenters. The first-order valence-electron chi connectivity index (χ1n) is 11.5. The van der Waals surface area contributed by atoms with Crippen molar-refractivity contribution in [3.8, 4) is 5.75 Å². The molecule has 10 heteroatoms. The Hall–Kier alpha value is -3.21. The van der Waals surface area contributed by atoms with E-state index in [0.717, 1.165) is 5.56 Å². The predicted octanol–water partition coefficient (Wildman–Crippen LogP) is 3.48. The fraction of sp³-hybridized carbons (Fsp3) is 0.440. The lowest BCUT2D eigenvalue weighted by Gasteiger charge is -2.40. The number of rotatable bonds is 4. The van der Waals surface area contributed by atoms with Crippen LogP contribution < -0.4 is 20.0 Å². The predicted molar refractivity (Wildman–Crippen MR) is 129 cm³/mol. The molecule has 2 aromatic carbocycles. The molecule has 35 heavy (non-hydrogen) atoms. The van der Waals surface area contributed by atoms with Crippen LogP contribution >= 0.6 is 0 Å². The van der Waals surface area contributed by atoms with E-state index in [9.17, 15) is 19.1 Å². The third kappa shape index (κ3) is 5.55. The Morgan fingerprint density at radius 2 is 1.83 bits per heavy atom. The van der Waals surface area contributed by atoms with Crippen molar-refractivity contribution in [3.63, 3.8) is 0 Å². The molecule has 0 aliphatic carbocycles. The number of hydrogen-bond acceptors (Lipinski definition) is 7. The number of hydrogen-bond donors (Lipinski definition) is 2. The molecule has 4 rings (SSSR count). The number of amides is 2. The Bertz CT molecular complexity index is 1090. The number of anilines is 2. The number of benzene rings is 2. The number of aliphatic hydroxyl groups is 1. The van der Waals surface area contributed by atoms with E-state index in [2.05, 4.69) is 5.43 Å². The van der Waals surface area contributed by atoms with Crippen LogP contribution in [0.15, 0.2) is 42.5 Å². The second-order valence-electron chi connectivity index (χ2n) is 9.62. The van der Waals surface area contributed by atoms with E-state index >= 15 is 0 Å². The molecule has 0 saturated carbocycles. The molecule has 9 nitrogen and oxygen atoms in total. The van der Waals surface area contributed by atoms with Crippen LogP contribution in [0.3, 0.4) is 0 Å². The van der Waals surface area contributed by atoms with E-state index in [0.29, 0.717) is 31.0 Å². The topological polar surface area (TPSA) is 94.6 Å². The van der Waals surface area contributed by atoms with Gasteiger partial charge in [-0.25, -0.2) is 19.0 Å². The van der Waals surface area contributed by atoms with Gasteiger partial charge in [0.15, 0.2) is 0 Å². The second kappa shape index (κ2) is 9.80. The minimum absolute atomic E-state index is 0.114. The lowest BCUT2D eigenvalue weighted by molar-refractivity contribution is 0.0294. The zero-order valence-corrected chi connectivity index (χ0v) is 20.3. The van der Waals surface area contributed by atoms with E-state index in [1.165, 1.54) is 41.2 Å². The highest BCUT2D eigenvalue weighted by Crippen LogP contribution is 2.39. The molecule has 2 aliphatic rings. The Labute approximate surface area is 204 Å². The number of fused-ring (bicyclic) bond motifs is 1. The monoisotopic (exact) mass is 486 g/mol. The van der Waals surface area contributed by atoms with Crippen molar-refractivity contribution in [1.29, 1.82) is 0 Å². The largest absolute Gasteiger partial charge is 0.452 e. The van der Waals surface area contributed by atoms with Gasteiger partial charge in [0.05, 0.1) is 36.7 Å². The first kappa shape index (κ1) is 24.9. The van der Waals surface area contributed by atoms with Crippen LogP contribution in [0.25, 0.3) is 0 Å². The summed E-state index contributed by atoms with van der Waals surface area (Å²) in [7, 11) is 1.32. The number of β-amino-alcohol motifs (C(OH)–C–C–N with tert-alkyl or cyclic N) is 1.